The summed E-state index contributed by atoms with van der Waals surface area (Å²) in [5.74, 6) is 0. The lowest BCUT2D eigenvalue weighted by Crippen LogP contribution is -1.87. The fourth-order valence-electron chi connectivity index (χ4n) is 2.96. The van der Waals surface area contributed by atoms with Crippen molar-refractivity contribution in [3.05, 3.63) is 77.4 Å². The Kier molecular flexibility index (Phi) is 3.80. The SMILES string of the molecule is CC(Sc1ccc2ccccc2c1)c1c[nH]c2ccc(Cl)cc12. The van der Waals surface area contributed by atoms with Crippen LogP contribution in [0.4, 0.5) is 0 Å². The summed E-state index contributed by atoms with van der Waals surface area (Å²) in [4.78, 5) is 4.62. The molecule has 114 valence electrons. The van der Waals surface area contributed by atoms with Crippen LogP contribution in [0.2, 0.25) is 5.02 Å². The number of rotatable bonds is 3. The molecule has 0 saturated carbocycles. The lowest BCUT2D eigenvalue weighted by atomic mass is 10.1. The molecule has 3 heteroatoms. The molecule has 0 aliphatic rings. The van der Waals surface area contributed by atoms with Gasteiger partial charge in [-0.2, -0.15) is 0 Å². The van der Waals surface area contributed by atoms with Gasteiger partial charge in [-0.1, -0.05) is 41.9 Å². The molecule has 0 saturated heterocycles. The summed E-state index contributed by atoms with van der Waals surface area (Å²) < 4.78 is 0. The molecule has 1 nitrogen and oxygen atoms in total. The molecular formula is C20H16ClNS. The maximum absolute atomic E-state index is 6.16. The van der Waals surface area contributed by atoms with E-state index in [2.05, 4.69) is 60.6 Å². The third kappa shape index (κ3) is 2.85. The zero-order valence-electron chi connectivity index (χ0n) is 12.7. The monoisotopic (exact) mass is 337 g/mol. The number of nitrogens with one attached hydrogen (secondary N) is 1. The second kappa shape index (κ2) is 5.95. The molecule has 4 aromatic rings. The third-order valence-electron chi connectivity index (χ3n) is 4.15. The van der Waals surface area contributed by atoms with Crippen LogP contribution in [0.1, 0.15) is 17.7 Å². The van der Waals surface area contributed by atoms with Crippen molar-refractivity contribution in [2.45, 2.75) is 17.1 Å². The highest BCUT2D eigenvalue weighted by Crippen LogP contribution is 2.39. The molecule has 1 N–H and O–H groups in total. The smallest absolute Gasteiger partial charge is 0.0458 e. The summed E-state index contributed by atoms with van der Waals surface area (Å²) in [6, 6.07) is 21.1. The fourth-order valence-corrected chi connectivity index (χ4v) is 4.20. The van der Waals surface area contributed by atoms with Gasteiger partial charge in [-0.15, -0.1) is 11.8 Å². The minimum absolute atomic E-state index is 0.350. The Morgan fingerprint density at radius 1 is 0.957 bits per heavy atom. The molecule has 0 amide bonds. The normalized spacial score (nSPS) is 12.8. The van der Waals surface area contributed by atoms with Crippen molar-refractivity contribution in [3.8, 4) is 0 Å². The summed E-state index contributed by atoms with van der Waals surface area (Å²) in [5.41, 5.74) is 2.43. The molecule has 1 unspecified atom stereocenters. The van der Waals surface area contributed by atoms with E-state index < -0.39 is 0 Å². The number of aromatic nitrogens is 1. The quantitative estimate of drug-likeness (QED) is 0.405. The van der Waals surface area contributed by atoms with E-state index in [1.54, 1.807) is 0 Å². The van der Waals surface area contributed by atoms with Gasteiger partial charge < -0.3 is 4.98 Å². The Labute approximate surface area is 144 Å². The first kappa shape index (κ1) is 14.7. The number of hydrogen-bond acceptors (Lipinski definition) is 1. The molecule has 1 heterocycles. The van der Waals surface area contributed by atoms with Crippen LogP contribution in [0.3, 0.4) is 0 Å². The lowest BCUT2D eigenvalue weighted by molar-refractivity contribution is 1.11. The van der Waals surface area contributed by atoms with Crippen molar-refractivity contribution >= 4 is 45.0 Å². The van der Waals surface area contributed by atoms with Gasteiger partial charge in [0.1, 0.15) is 0 Å². The average molecular weight is 338 g/mol. The van der Waals surface area contributed by atoms with Gasteiger partial charge in [0.15, 0.2) is 0 Å². The van der Waals surface area contributed by atoms with Gasteiger partial charge in [-0.25, -0.2) is 0 Å². The lowest BCUT2D eigenvalue weighted by Gasteiger charge is -2.11. The van der Waals surface area contributed by atoms with Crippen LogP contribution in [0.5, 0.6) is 0 Å². The third-order valence-corrected chi connectivity index (χ3v) is 5.52. The Morgan fingerprint density at radius 2 is 1.78 bits per heavy atom. The van der Waals surface area contributed by atoms with Crippen LogP contribution in [0, 0.1) is 0 Å². The first-order valence-corrected chi connectivity index (χ1v) is 8.88. The largest absolute Gasteiger partial charge is 0.361 e. The number of benzene rings is 3. The predicted octanol–water partition coefficient (Wildman–Crippen LogP) is 6.83. The molecule has 0 aliphatic heterocycles. The van der Waals surface area contributed by atoms with Gasteiger partial charge in [-0.3, -0.25) is 0 Å². The van der Waals surface area contributed by atoms with E-state index in [9.17, 15) is 0 Å². The average Bonchev–Trinajstić information content (AvgIpc) is 2.98. The fraction of sp³-hybridized carbons (Fsp3) is 0.100. The minimum Gasteiger partial charge on any atom is -0.361 e. The van der Waals surface area contributed by atoms with E-state index in [0.717, 1.165) is 10.5 Å². The summed E-state index contributed by atoms with van der Waals surface area (Å²) in [6.07, 6.45) is 2.10. The maximum Gasteiger partial charge on any atom is 0.0458 e. The highest BCUT2D eigenvalue weighted by Gasteiger charge is 2.13. The molecule has 1 atom stereocenters. The van der Waals surface area contributed by atoms with E-state index in [-0.39, 0.29) is 0 Å². The first-order chi connectivity index (χ1) is 11.2. The van der Waals surface area contributed by atoms with E-state index in [1.807, 2.05) is 30.0 Å². The molecular weight excluding hydrogens is 322 g/mol. The Morgan fingerprint density at radius 3 is 2.65 bits per heavy atom. The van der Waals surface area contributed by atoms with E-state index in [1.165, 1.54) is 26.6 Å². The van der Waals surface area contributed by atoms with Gasteiger partial charge >= 0.3 is 0 Å². The number of fused-ring (bicyclic) bond motifs is 2. The highest BCUT2D eigenvalue weighted by molar-refractivity contribution is 7.99. The maximum atomic E-state index is 6.16. The number of H-pyrrole nitrogens is 1. The van der Waals surface area contributed by atoms with Crippen LogP contribution >= 0.6 is 23.4 Å². The van der Waals surface area contributed by atoms with Gasteiger partial charge in [0, 0.05) is 32.3 Å². The Hall–Kier alpha value is -1.90. The number of aromatic amines is 1. The number of thioether (sulfide) groups is 1. The van der Waals surface area contributed by atoms with Crippen LogP contribution in [0.15, 0.2) is 71.8 Å². The van der Waals surface area contributed by atoms with Gasteiger partial charge in [0.05, 0.1) is 0 Å². The number of halogens is 1. The van der Waals surface area contributed by atoms with Crippen LogP contribution in [0.25, 0.3) is 21.7 Å². The summed E-state index contributed by atoms with van der Waals surface area (Å²) in [5, 5.41) is 4.90. The molecule has 0 bridgehead atoms. The van der Waals surface area contributed by atoms with Crippen LogP contribution < -0.4 is 0 Å². The summed E-state index contributed by atoms with van der Waals surface area (Å²) in [7, 11) is 0. The van der Waals surface area contributed by atoms with Gasteiger partial charge in [0.2, 0.25) is 0 Å². The molecule has 1 aromatic heterocycles. The minimum atomic E-state index is 0.350. The predicted molar refractivity (Wildman–Crippen MR) is 102 cm³/mol. The van der Waals surface area contributed by atoms with E-state index in [0.29, 0.717) is 5.25 Å². The van der Waals surface area contributed by atoms with E-state index >= 15 is 0 Å². The van der Waals surface area contributed by atoms with Crippen molar-refractivity contribution in [2.75, 3.05) is 0 Å². The van der Waals surface area contributed by atoms with Crippen molar-refractivity contribution in [3.63, 3.8) is 0 Å². The Bertz CT molecular complexity index is 989. The molecule has 4 rings (SSSR count). The zero-order valence-corrected chi connectivity index (χ0v) is 14.3. The first-order valence-electron chi connectivity index (χ1n) is 7.63. The second-order valence-corrected chi connectivity index (χ2v) is 7.55. The van der Waals surface area contributed by atoms with E-state index in [4.69, 9.17) is 11.6 Å². The summed E-state index contributed by atoms with van der Waals surface area (Å²) >= 11 is 8.03. The molecule has 0 aliphatic carbocycles. The summed E-state index contributed by atoms with van der Waals surface area (Å²) in [6.45, 7) is 2.24. The van der Waals surface area contributed by atoms with Crippen LogP contribution in [-0.4, -0.2) is 4.98 Å². The molecule has 0 spiro atoms. The molecule has 0 fully saturated rings. The van der Waals surface area contributed by atoms with Crippen molar-refractivity contribution in [1.29, 1.82) is 0 Å². The standard InChI is InChI=1S/C20H16ClNS/c1-13(19-12-22-20-9-7-16(21)11-18(19)20)23-17-8-6-14-4-2-3-5-15(14)10-17/h2-13,22H,1H3. The molecule has 3 aromatic carbocycles. The Balaban J connectivity index is 1.67. The number of hydrogen-bond donors (Lipinski definition) is 1. The van der Waals surface area contributed by atoms with Gasteiger partial charge in [-0.05, 0) is 53.6 Å². The molecule has 0 radical (unpaired) electrons. The van der Waals surface area contributed by atoms with Crippen molar-refractivity contribution < 1.29 is 0 Å². The van der Waals surface area contributed by atoms with Crippen molar-refractivity contribution in [2.24, 2.45) is 0 Å². The second-order valence-electron chi connectivity index (χ2n) is 5.70. The zero-order chi connectivity index (χ0) is 15.8. The van der Waals surface area contributed by atoms with Crippen molar-refractivity contribution in [1.82, 2.24) is 4.98 Å². The topological polar surface area (TPSA) is 15.8 Å². The van der Waals surface area contributed by atoms with Gasteiger partial charge in [0.25, 0.3) is 0 Å². The van der Waals surface area contributed by atoms with Crippen LogP contribution in [-0.2, 0) is 0 Å². The molecule has 23 heavy (non-hydrogen) atoms. The highest BCUT2D eigenvalue weighted by atomic mass is 35.5.